The highest BCUT2D eigenvalue weighted by atomic mass is 35.5. The number of halogens is 1. The van der Waals surface area contributed by atoms with E-state index in [-0.39, 0.29) is 36.8 Å². The van der Waals surface area contributed by atoms with Crippen molar-refractivity contribution in [3.8, 4) is 0 Å². The van der Waals surface area contributed by atoms with Crippen molar-refractivity contribution >= 4 is 45.0 Å². The summed E-state index contributed by atoms with van der Waals surface area (Å²) in [7, 11) is 0. The summed E-state index contributed by atoms with van der Waals surface area (Å²) >= 11 is 7.89. The third-order valence-electron chi connectivity index (χ3n) is 5.57. The maximum absolute atomic E-state index is 12.8. The number of carbonyl (C=O) groups is 2. The minimum Gasteiger partial charge on any atom is -0.463 e. The Hall–Kier alpha value is -2.71. The van der Waals surface area contributed by atoms with Crippen LogP contribution < -0.4 is 10.9 Å². The molecule has 1 aromatic carbocycles. The molecule has 0 radical (unpaired) electrons. The van der Waals surface area contributed by atoms with Gasteiger partial charge in [-0.05, 0) is 50.3 Å². The lowest BCUT2D eigenvalue weighted by molar-refractivity contribution is -0.148. The number of fused-ring (bicyclic) bond motifs is 3. The van der Waals surface area contributed by atoms with Crippen molar-refractivity contribution < 1.29 is 14.3 Å². The maximum atomic E-state index is 12.8. The van der Waals surface area contributed by atoms with Crippen molar-refractivity contribution in [2.75, 3.05) is 0 Å². The number of esters is 1. The number of ether oxygens (including phenoxy) is 1. The van der Waals surface area contributed by atoms with E-state index in [2.05, 4.69) is 15.3 Å². The van der Waals surface area contributed by atoms with E-state index in [4.69, 9.17) is 16.3 Å². The van der Waals surface area contributed by atoms with Crippen LogP contribution in [0.25, 0.3) is 10.2 Å². The van der Waals surface area contributed by atoms with Gasteiger partial charge in [-0.15, -0.1) is 11.3 Å². The monoisotopic (exact) mass is 487 g/mol. The average molecular weight is 488 g/mol. The van der Waals surface area contributed by atoms with Crippen molar-refractivity contribution in [3.05, 3.63) is 61.5 Å². The summed E-state index contributed by atoms with van der Waals surface area (Å²) in [5, 5.41) is 4.05. The molecule has 0 aliphatic heterocycles. The fourth-order valence-electron chi connectivity index (χ4n) is 4.14. The van der Waals surface area contributed by atoms with Crippen molar-refractivity contribution in [2.24, 2.45) is 0 Å². The van der Waals surface area contributed by atoms with E-state index in [0.717, 1.165) is 29.7 Å². The molecule has 4 rings (SSSR count). The minimum atomic E-state index is -0.618. The minimum absolute atomic E-state index is 0.0323. The van der Waals surface area contributed by atoms with Crippen molar-refractivity contribution in [1.82, 2.24) is 15.3 Å². The largest absolute Gasteiger partial charge is 0.463 e. The first-order valence-electron chi connectivity index (χ1n) is 11.1. The zero-order valence-corrected chi connectivity index (χ0v) is 20.1. The quantitative estimate of drug-likeness (QED) is 0.462. The SMILES string of the molecule is CC(C)OC(=O)CC(NC(=O)CCc1nc2sc3c(c2c(=O)[nH]1)CCC3)c1ccccc1Cl. The first-order valence-corrected chi connectivity index (χ1v) is 12.3. The number of benzene rings is 1. The first kappa shape index (κ1) is 23.4. The van der Waals surface area contributed by atoms with Crippen LogP contribution in [0.2, 0.25) is 5.02 Å². The van der Waals surface area contributed by atoms with Crippen LogP contribution in [0.5, 0.6) is 0 Å². The molecule has 2 aromatic heterocycles. The molecule has 0 fully saturated rings. The number of carbonyl (C=O) groups excluding carboxylic acids is 2. The molecule has 9 heteroatoms. The Kier molecular flexibility index (Phi) is 7.14. The van der Waals surface area contributed by atoms with Crippen molar-refractivity contribution in [3.63, 3.8) is 0 Å². The number of nitrogens with zero attached hydrogens (tertiary/aromatic N) is 1. The van der Waals surface area contributed by atoms with Crippen molar-refractivity contribution in [1.29, 1.82) is 0 Å². The second-order valence-corrected chi connectivity index (χ2v) is 9.93. The second kappa shape index (κ2) is 10.1. The van der Waals surface area contributed by atoms with Crippen LogP contribution in [0.15, 0.2) is 29.1 Å². The number of rotatable bonds is 8. The van der Waals surface area contributed by atoms with Gasteiger partial charge in [-0.3, -0.25) is 14.4 Å². The zero-order chi connectivity index (χ0) is 23.5. The molecule has 1 atom stereocenters. The summed E-state index contributed by atoms with van der Waals surface area (Å²) < 4.78 is 5.25. The third kappa shape index (κ3) is 5.45. The summed E-state index contributed by atoms with van der Waals surface area (Å²) in [5.41, 5.74) is 1.64. The summed E-state index contributed by atoms with van der Waals surface area (Å²) in [6.07, 6.45) is 3.10. The molecule has 174 valence electrons. The Morgan fingerprint density at radius 2 is 2.06 bits per heavy atom. The number of H-pyrrole nitrogens is 1. The Balaban J connectivity index is 1.45. The van der Waals surface area contributed by atoms with Crippen LogP contribution in [0.1, 0.15) is 61.0 Å². The second-order valence-electron chi connectivity index (χ2n) is 8.43. The Morgan fingerprint density at radius 1 is 1.27 bits per heavy atom. The van der Waals surface area contributed by atoms with Gasteiger partial charge in [0.15, 0.2) is 0 Å². The lowest BCUT2D eigenvalue weighted by atomic mass is 10.0. The Labute approximate surface area is 200 Å². The van der Waals surface area contributed by atoms with E-state index >= 15 is 0 Å². The van der Waals surface area contributed by atoms with Gasteiger partial charge in [-0.1, -0.05) is 29.8 Å². The molecule has 0 spiro atoms. The number of amides is 1. The van der Waals surface area contributed by atoms with Crippen LogP contribution in [0.3, 0.4) is 0 Å². The predicted molar refractivity (Wildman–Crippen MR) is 129 cm³/mol. The molecule has 1 aliphatic rings. The highest BCUT2D eigenvalue weighted by Crippen LogP contribution is 2.34. The number of thiophene rings is 1. The summed E-state index contributed by atoms with van der Waals surface area (Å²) in [6.45, 7) is 3.54. The van der Waals surface area contributed by atoms with Gasteiger partial charge in [0.1, 0.15) is 10.7 Å². The van der Waals surface area contributed by atoms with Gasteiger partial charge >= 0.3 is 5.97 Å². The lowest BCUT2D eigenvalue weighted by Crippen LogP contribution is -2.31. The van der Waals surface area contributed by atoms with Gasteiger partial charge in [0.25, 0.3) is 5.56 Å². The van der Waals surface area contributed by atoms with Gasteiger partial charge in [0, 0.05) is 22.7 Å². The van der Waals surface area contributed by atoms with E-state index in [1.807, 2.05) is 0 Å². The van der Waals surface area contributed by atoms with Gasteiger partial charge in [-0.2, -0.15) is 0 Å². The number of aromatic amines is 1. The molecule has 1 unspecified atom stereocenters. The first-order chi connectivity index (χ1) is 15.8. The van der Waals surface area contributed by atoms with Crippen LogP contribution in [-0.4, -0.2) is 27.9 Å². The fourth-order valence-corrected chi connectivity index (χ4v) is 5.69. The Morgan fingerprint density at radius 3 is 2.82 bits per heavy atom. The summed E-state index contributed by atoms with van der Waals surface area (Å²) in [4.78, 5) is 47.0. The third-order valence-corrected chi connectivity index (χ3v) is 7.10. The predicted octanol–water partition coefficient (Wildman–Crippen LogP) is 4.26. The molecule has 3 aromatic rings. The van der Waals surface area contributed by atoms with E-state index in [1.165, 1.54) is 4.88 Å². The van der Waals surface area contributed by atoms with Gasteiger partial charge in [0.05, 0.1) is 24.0 Å². The van der Waals surface area contributed by atoms with E-state index in [1.54, 1.807) is 49.4 Å². The number of nitrogens with one attached hydrogen (secondary N) is 2. The van der Waals surface area contributed by atoms with Gasteiger partial charge < -0.3 is 15.0 Å². The highest BCUT2D eigenvalue weighted by molar-refractivity contribution is 7.18. The number of aryl methyl sites for hydroxylation is 3. The molecule has 1 amide bonds. The fraction of sp³-hybridized carbons (Fsp3) is 0.417. The zero-order valence-electron chi connectivity index (χ0n) is 18.6. The van der Waals surface area contributed by atoms with Crippen LogP contribution >= 0.6 is 22.9 Å². The van der Waals surface area contributed by atoms with E-state index in [0.29, 0.717) is 21.8 Å². The molecule has 0 saturated heterocycles. The standard InChI is InChI=1S/C24H26ClN3O4S/c1-13(2)32-21(30)12-17(14-6-3-4-8-16(14)25)26-20(29)11-10-19-27-23(31)22-15-7-5-9-18(15)33-24(22)28-19/h3-4,6,8,13,17H,5,7,9-12H2,1-2H3,(H,26,29)(H,27,28,31). The Bertz CT molecular complexity index is 1250. The average Bonchev–Trinajstić information content (AvgIpc) is 3.32. The molecule has 33 heavy (non-hydrogen) atoms. The van der Waals surface area contributed by atoms with Crippen molar-refractivity contribution in [2.45, 2.75) is 64.5 Å². The number of hydrogen-bond donors (Lipinski definition) is 2. The molecule has 1 aliphatic carbocycles. The molecule has 2 heterocycles. The van der Waals surface area contributed by atoms with Crippen LogP contribution in [0, 0.1) is 0 Å². The normalized spacial score (nSPS) is 13.8. The summed E-state index contributed by atoms with van der Waals surface area (Å²) in [6, 6.07) is 6.46. The van der Waals surface area contributed by atoms with Crippen LogP contribution in [-0.2, 0) is 33.6 Å². The topological polar surface area (TPSA) is 101 Å². The van der Waals surface area contributed by atoms with E-state index < -0.39 is 12.0 Å². The molecule has 2 N–H and O–H groups in total. The van der Waals surface area contributed by atoms with Gasteiger partial charge in [-0.25, -0.2) is 4.98 Å². The van der Waals surface area contributed by atoms with E-state index in [9.17, 15) is 14.4 Å². The molecule has 0 bridgehead atoms. The lowest BCUT2D eigenvalue weighted by Gasteiger charge is -2.20. The van der Waals surface area contributed by atoms with Crippen LogP contribution in [0.4, 0.5) is 0 Å². The summed E-state index contributed by atoms with van der Waals surface area (Å²) in [5.74, 6) is -0.206. The maximum Gasteiger partial charge on any atom is 0.308 e. The molecule has 7 nitrogen and oxygen atoms in total. The van der Waals surface area contributed by atoms with Gasteiger partial charge in [0.2, 0.25) is 5.91 Å². The highest BCUT2D eigenvalue weighted by Gasteiger charge is 2.23. The smallest absolute Gasteiger partial charge is 0.308 e. The molecule has 0 saturated carbocycles. The molecular weight excluding hydrogens is 462 g/mol. The number of aromatic nitrogens is 2. The molecular formula is C24H26ClN3O4S. The number of hydrogen-bond acceptors (Lipinski definition) is 6.